The number of piperazine rings is 1. The number of nitrogens with one attached hydrogen (secondary N) is 3. The number of nitrogens with two attached hydrogens (primary N) is 1. The van der Waals surface area contributed by atoms with Gasteiger partial charge in [0.15, 0.2) is 0 Å². The van der Waals surface area contributed by atoms with E-state index in [4.69, 9.17) is 5.73 Å². The summed E-state index contributed by atoms with van der Waals surface area (Å²) in [5.74, 6) is -1.49. The highest BCUT2D eigenvalue weighted by Gasteiger charge is 2.31. The Labute approximate surface area is 268 Å². The molecule has 0 saturated carbocycles. The van der Waals surface area contributed by atoms with Crippen LogP contribution in [0.1, 0.15) is 67.7 Å². The Morgan fingerprint density at radius 3 is 2.35 bits per heavy atom. The summed E-state index contributed by atoms with van der Waals surface area (Å²) in [7, 11) is 2.17. The number of piperidine rings is 1. The minimum atomic E-state index is -1.01. The van der Waals surface area contributed by atoms with Crippen molar-refractivity contribution in [2.45, 2.75) is 38.8 Å². The second-order valence-corrected chi connectivity index (χ2v) is 12.5. The smallest absolute Gasteiger partial charge is 0.256 e. The third-order valence-corrected chi connectivity index (χ3v) is 9.54. The van der Waals surface area contributed by atoms with Crippen molar-refractivity contribution in [2.24, 2.45) is 5.73 Å². The molecule has 3 aliphatic rings. The monoisotopic (exact) mass is 623 g/mol. The van der Waals surface area contributed by atoms with Crippen LogP contribution in [0.3, 0.4) is 0 Å². The fourth-order valence-electron chi connectivity index (χ4n) is 6.84. The van der Waals surface area contributed by atoms with Gasteiger partial charge in [0, 0.05) is 60.4 Å². The molecule has 4 amide bonds. The first-order valence-electron chi connectivity index (χ1n) is 15.8. The number of carbonyl (C=O) groups excluding carboxylic acids is 4. The zero-order valence-electron chi connectivity index (χ0n) is 26.6. The highest BCUT2D eigenvalue weighted by atomic mass is 16.2. The van der Waals surface area contributed by atoms with Gasteiger partial charge < -0.3 is 31.2 Å². The predicted molar refractivity (Wildman–Crippen MR) is 177 cm³/mol. The minimum Gasteiger partial charge on any atom is -0.368 e. The Morgan fingerprint density at radius 2 is 1.67 bits per heavy atom. The molecule has 240 valence electrons. The number of likely N-dealkylation sites (tertiary alicyclic amines) is 1. The number of primary amides is 1. The van der Waals surface area contributed by atoms with Crippen LogP contribution in [0.5, 0.6) is 0 Å². The third-order valence-electron chi connectivity index (χ3n) is 9.54. The van der Waals surface area contributed by atoms with Crippen molar-refractivity contribution >= 4 is 41.0 Å². The number of aromatic amines is 1. The highest BCUT2D eigenvalue weighted by molar-refractivity contribution is 6.35. The number of hydrogen-bond acceptors (Lipinski definition) is 6. The Hall–Kier alpha value is -4.74. The van der Waals surface area contributed by atoms with E-state index >= 15 is 0 Å². The summed E-state index contributed by atoms with van der Waals surface area (Å²) in [5, 5.41) is 5.57. The fraction of sp³-hybridized carbons (Fsp3) is 0.371. The van der Waals surface area contributed by atoms with Gasteiger partial charge in [-0.3, -0.25) is 24.1 Å². The standard InChI is InChI=1S/C35H41N7O4/c1-21-29(37-22(2)30(21)35(46)42-17-15-41(16-18-42)25-11-13-40(3)14-12-25)20-27-26-19-24(9-10-28(26)38-34(27)45)33(44)39-31(32(36)43)23-7-5-4-6-8-23/h4-10,19-20,25,31,37H,11-18H2,1-3H3,(H2,36,43)(H,38,45)(H,39,44)/t31-/m1/s1. The zero-order chi connectivity index (χ0) is 32.5. The second kappa shape index (κ2) is 12.9. The Balaban J connectivity index is 1.19. The molecule has 46 heavy (non-hydrogen) atoms. The first kappa shape index (κ1) is 31.3. The van der Waals surface area contributed by atoms with Crippen molar-refractivity contribution in [1.82, 2.24) is 25.0 Å². The number of carbonyl (C=O) groups is 4. The van der Waals surface area contributed by atoms with Gasteiger partial charge >= 0.3 is 0 Å². The van der Waals surface area contributed by atoms with E-state index < -0.39 is 17.9 Å². The van der Waals surface area contributed by atoms with E-state index in [1.807, 2.05) is 24.8 Å². The van der Waals surface area contributed by atoms with Crippen LogP contribution in [-0.4, -0.2) is 95.7 Å². The van der Waals surface area contributed by atoms with Gasteiger partial charge in [-0.1, -0.05) is 30.3 Å². The molecular formula is C35H41N7O4. The molecule has 0 spiro atoms. The molecule has 0 aliphatic carbocycles. The molecule has 3 aliphatic heterocycles. The predicted octanol–water partition coefficient (Wildman–Crippen LogP) is 2.93. The van der Waals surface area contributed by atoms with Crippen molar-refractivity contribution in [1.29, 1.82) is 0 Å². The van der Waals surface area contributed by atoms with Crippen molar-refractivity contribution < 1.29 is 19.2 Å². The average Bonchev–Trinajstić information content (AvgIpc) is 3.52. The summed E-state index contributed by atoms with van der Waals surface area (Å²) >= 11 is 0. The van der Waals surface area contributed by atoms with E-state index in [0.29, 0.717) is 52.8 Å². The molecule has 0 unspecified atom stereocenters. The molecule has 2 aromatic carbocycles. The zero-order valence-corrected chi connectivity index (χ0v) is 26.6. The van der Waals surface area contributed by atoms with Crippen molar-refractivity contribution in [3.63, 3.8) is 0 Å². The molecule has 2 fully saturated rings. The SMILES string of the molecule is Cc1[nH]c(C=C2C(=O)Nc3ccc(C(=O)N[C@@H](C(N)=O)c4ccccc4)cc32)c(C)c1C(=O)N1CCN(C2CCN(C)CC2)CC1. The first-order chi connectivity index (χ1) is 22.1. The van der Waals surface area contributed by atoms with Crippen LogP contribution >= 0.6 is 0 Å². The first-order valence-corrected chi connectivity index (χ1v) is 15.8. The Bertz CT molecular complexity index is 1700. The largest absolute Gasteiger partial charge is 0.368 e. The lowest BCUT2D eigenvalue weighted by atomic mass is 10.0. The molecule has 6 rings (SSSR count). The number of anilines is 1. The number of aromatic nitrogens is 1. The molecule has 1 aromatic heterocycles. The Kier molecular flexibility index (Phi) is 8.79. The summed E-state index contributed by atoms with van der Waals surface area (Å²) in [6.45, 7) is 9.12. The van der Waals surface area contributed by atoms with Crippen LogP contribution in [0.4, 0.5) is 5.69 Å². The van der Waals surface area contributed by atoms with Crippen LogP contribution in [0.15, 0.2) is 48.5 Å². The fourth-order valence-corrected chi connectivity index (χ4v) is 6.84. The number of hydrogen-bond donors (Lipinski definition) is 4. The van der Waals surface area contributed by atoms with Gasteiger partial charge in [-0.15, -0.1) is 0 Å². The summed E-state index contributed by atoms with van der Waals surface area (Å²) in [4.78, 5) is 62.4. The molecule has 0 bridgehead atoms. The lowest BCUT2D eigenvalue weighted by molar-refractivity contribution is -0.120. The summed E-state index contributed by atoms with van der Waals surface area (Å²) in [5.41, 5.74) is 10.8. The highest BCUT2D eigenvalue weighted by Crippen LogP contribution is 2.35. The normalized spacial score (nSPS) is 19.2. The number of H-pyrrole nitrogens is 1. The molecule has 11 nitrogen and oxygen atoms in total. The number of nitrogens with zero attached hydrogens (tertiary/aromatic N) is 3. The van der Waals surface area contributed by atoms with Gasteiger partial charge in [-0.2, -0.15) is 0 Å². The van der Waals surface area contributed by atoms with Gasteiger partial charge in [0.05, 0.1) is 11.1 Å². The molecule has 4 heterocycles. The molecular weight excluding hydrogens is 582 g/mol. The van der Waals surface area contributed by atoms with E-state index in [0.717, 1.165) is 37.4 Å². The topological polar surface area (TPSA) is 144 Å². The third kappa shape index (κ3) is 6.20. The Morgan fingerprint density at radius 1 is 0.978 bits per heavy atom. The van der Waals surface area contributed by atoms with Crippen LogP contribution in [0, 0.1) is 13.8 Å². The van der Waals surface area contributed by atoms with Crippen LogP contribution in [-0.2, 0) is 9.59 Å². The van der Waals surface area contributed by atoms with Gasteiger partial charge in [-0.25, -0.2) is 0 Å². The van der Waals surface area contributed by atoms with Gasteiger partial charge in [0.1, 0.15) is 6.04 Å². The van der Waals surface area contributed by atoms with Crippen LogP contribution in [0.2, 0.25) is 0 Å². The lowest BCUT2D eigenvalue weighted by Gasteiger charge is -2.42. The van der Waals surface area contributed by atoms with E-state index in [1.54, 1.807) is 48.5 Å². The maximum Gasteiger partial charge on any atom is 0.256 e. The van der Waals surface area contributed by atoms with Crippen LogP contribution < -0.4 is 16.4 Å². The molecule has 3 aromatic rings. The molecule has 1 atom stereocenters. The van der Waals surface area contributed by atoms with Gasteiger partial charge in [0.2, 0.25) is 5.91 Å². The minimum absolute atomic E-state index is 0.00317. The van der Waals surface area contributed by atoms with E-state index in [9.17, 15) is 19.2 Å². The number of rotatable bonds is 7. The summed E-state index contributed by atoms with van der Waals surface area (Å²) in [6, 6.07) is 13.2. The van der Waals surface area contributed by atoms with E-state index in [-0.39, 0.29) is 17.4 Å². The number of aryl methyl sites for hydroxylation is 1. The number of fused-ring (bicyclic) bond motifs is 1. The summed E-state index contributed by atoms with van der Waals surface area (Å²) < 4.78 is 0. The van der Waals surface area contributed by atoms with Gasteiger partial charge in [0.25, 0.3) is 17.7 Å². The molecule has 5 N–H and O–H groups in total. The molecule has 0 radical (unpaired) electrons. The number of amides is 4. The molecule has 2 saturated heterocycles. The van der Waals surface area contributed by atoms with E-state index in [1.165, 1.54) is 12.8 Å². The van der Waals surface area contributed by atoms with Crippen molar-refractivity contribution in [3.05, 3.63) is 87.7 Å². The van der Waals surface area contributed by atoms with Gasteiger partial charge in [-0.05, 0) is 82.2 Å². The maximum absolute atomic E-state index is 13.7. The van der Waals surface area contributed by atoms with Crippen molar-refractivity contribution in [3.8, 4) is 0 Å². The van der Waals surface area contributed by atoms with Crippen LogP contribution in [0.25, 0.3) is 11.6 Å². The maximum atomic E-state index is 13.7. The average molecular weight is 624 g/mol. The summed E-state index contributed by atoms with van der Waals surface area (Å²) in [6.07, 6.45) is 4.07. The van der Waals surface area contributed by atoms with Crippen molar-refractivity contribution in [2.75, 3.05) is 51.6 Å². The number of benzene rings is 2. The second-order valence-electron chi connectivity index (χ2n) is 12.5. The quantitative estimate of drug-likeness (QED) is 0.298. The molecule has 11 heteroatoms. The van der Waals surface area contributed by atoms with E-state index in [2.05, 4.69) is 32.5 Å². The lowest BCUT2D eigenvalue weighted by Crippen LogP contribution is -2.54.